The molecule has 0 aromatic carbocycles. The van der Waals surface area contributed by atoms with Crippen LogP contribution in [0.15, 0.2) is 12.4 Å². The number of aromatic nitrogens is 2. The zero-order chi connectivity index (χ0) is 11.0. The summed E-state index contributed by atoms with van der Waals surface area (Å²) in [4.78, 5) is 10.4. The molecule has 0 aliphatic rings. The van der Waals surface area contributed by atoms with Crippen LogP contribution < -0.4 is 5.32 Å². The fourth-order valence-corrected chi connectivity index (χ4v) is 0.991. The Morgan fingerprint density at radius 3 is 2.29 bits per heavy atom. The van der Waals surface area contributed by atoms with Gasteiger partial charge < -0.3 is 10.2 Å². The second kappa shape index (κ2) is 7.26. The van der Waals surface area contributed by atoms with E-state index in [0.717, 1.165) is 18.1 Å². The molecule has 0 unspecified atom stereocenters. The number of nitrogens with one attached hydrogen (secondary N) is 1. The van der Waals surface area contributed by atoms with Gasteiger partial charge in [-0.3, -0.25) is 4.98 Å². The maximum atomic E-state index is 4.22. The molecule has 0 radical (unpaired) electrons. The second-order valence-corrected chi connectivity index (χ2v) is 2.84. The average Bonchev–Trinajstić information content (AvgIpc) is 2.21. The summed E-state index contributed by atoms with van der Waals surface area (Å²) in [6.07, 6.45) is 3.39. The van der Waals surface area contributed by atoms with Gasteiger partial charge >= 0.3 is 0 Å². The minimum Gasteiger partial charge on any atom is -0.372 e. The van der Waals surface area contributed by atoms with Crippen LogP contribution in [0.2, 0.25) is 0 Å². The number of hydrogen-bond donors (Lipinski definition) is 1. The standard InChI is InChI=1S/C8H14N4.C2H6/c1-9-8-7(6-12(2)3)10-4-5-11-8;1-2/h4-5H,6H2,1-3H3,(H,9,11);1-2H3. The highest BCUT2D eigenvalue weighted by atomic mass is 15.1. The summed E-state index contributed by atoms with van der Waals surface area (Å²) in [6, 6.07) is 0. The van der Waals surface area contributed by atoms with E-state index in [4.69, 9.17) is 0 Å². The molecule has 0 fully saturated rings. The number of nitrogens with zero attached hydrogens (tertiary/aromatic N) is 3. The Bertz CT molecular complexity index is 248. The summed E-state index contributed by atoms with van der Waals surface area (Å²) in [6.45, 7) is 4.81. The van der Waals surface area contributed by atoms with Crippen molar-refractivity contribution < 1.29 is 0 Å². The third kappa shape index (κ3) is 4.18. The molecule has 0 bridgehead atoms. The number of anilines is 1. The first kappa shape index (κ1) is 12.8. The molecule has 80 valence electrons. The molecule has 1 aromatic rings. The van der Waals surface area contributed by atoms with Crippen LogP contribution in [-0.2, 0) is 6.54 Å². The molecule has 0 aliphatic carbocycles. The van der Waals surface area contributed by atoms with E-state index in [9.17, 15) is 0 Å². The van der Waals surface area contributed by atoms with Crippen molar-refractivity contribution in [2.24, 2.45) is 0 Å². The van der Waals surface area contributed by atoms with Crippen molar-refractivity contribution in [3.8, 4) is 0 Å². The van der Waals surface area contributed by atoms with Crippen LogP contribution in [0.5, 0.6) is 0 Å². The quantitative estimate of drug-likeness (QED) is 0.797. The summed E-state index contributed by atoms with van der Waals surface area (Å²) in [5.41, 5.74) is 0.977. The lowest BCUT2D eigenvalue weighted by Gasteiger charge is -2.11. The molecule has 4 heteroatoms. The zero-order valence-corrected chi connectivity index (χ0v) is 9.70. The highest BCUT2D eigenvalue weighted by Gasteiger charge is 2.02. The number of rotatable bonds is 3. The van der Waals surface area contributed by atoms with Gasteiger partial charge in [0.05, 0.1) is 5.69 Å². The molecule has 0 aliphatic heterocycles. The smallest absolute Gasteiger partial charge is 0.148 e. The van der Waals surface area contributed by atoms with E-state index in [1.807, 2.05) is 35.0 Å². The van der Waals surface area contributed by atoms with Crippen molar-refractivity contribution in [2.75, 3.05) is 26.5 Å². The molecular weight excluding hydrogens is 176 g/mol. The first-order chi connectivity index (χ1) is 6.74. The van der Waals surface area contributed by atoms with Crippen LogP contribution >= 0.6 is 0 Å². The Morgan fingerprint density at radius 2 is 1.79 bits per heavy atom. The van der Waals surface area contributed by atoms with E-state index >= 15 is 0 Å². The monoisotopic (exact) mass is 196 g/mol. The third-order valence-corrected chi connectivity index (χ3v) is 1.48. The number of hydrogen-bond acceptors (Lipinski definition) is 4. The van der Waals surface area contributed by atoms with Crippen molar-refractivity contribution in [2.45, 2.75) is 20.4 Å². The minimum absolute atomic E-state index is 0.810. The molecule has 14 heavy (non-hydrogen) atoms. The Balaban J connectivity index is 0.000000791. The van der Waals surface area contributed by atoms with Crippen LogP contribution in [0.1, 0.15) is 19.5 Å². The van der Waals surface area contributed by atoms with E-state index in [0.29, 0.717) is 0 Å². The van der Waals surface area contributed by atoms with E-state index in [1.54, 1.807) is 12.4 Å². The predicted molar refractivity (Wildman–Crippen MR) is 60.3 cm³/mol. The summed E-state index contributed by atoms with van der Waals surface area (Å²) < 4.78 is 0. The van der Waals surface area contributed by atoms with Gasteiger partial charge in [-0.1, -0.05) is 13.8 Å². The van der Waals surface area contributed by atoms with Crippen molar-refractivity contribution in [3.63, 3.8) is 0 Å². The summed E-state index contributed by atoms with van der Waals surface area (Å²) in [5, 5.41) is 3.00. The van der Waals surface area contributed by atoms with Crippen molar-refractivity contribution >= 4 is 5.82 Å². The third-order valence-electron chi connectivity index (χ3n) is 1.48. The summed E-state index contributed by atoms with van der Waals surface area (Å²) >= 11 is 0. The fourth-order valence-electron chi connectivity index (χ4n) is 0.991. The first-order valence-electron chi connectivity index (χ1n) is 4.86. The normalized spacial score (nSPS) is 9.29. The highest BCUT2D eigenvalue weighted by Crippen LogP contribution is 2.07. The average molecular weight is 196 g/mol. The van der Waals surface area contributed by atoms with Gasteiger partial charge in [-0.15, -0.1) is 0 Å². The summed E-state index contributed by atoms with van der Waals surface area (Å²) in [5.74, 6) is 0.853. The van der Waals surface area contributed by atoms with Gasteiger partial charge in [0.2, 0.25) is 0 Å². The fraction of sp³-hybridized carbons (Fsp3) is 0.600. The van der Waals surface area contributed by atoms with Crippen LogP contribution in [0.25, 0.3) is 0 Å². The van der Waals surface area contributed by atoms with Crippen LogP contribution in [-0.4, -0.2) is 36.0 Å². The van der Waals surface area contributed by atoms with Gasteiger partial charge in [-0.2, -0.15) is 0 Å². The summed E-state index contributed by atoms with van der Waals surface area (Å²) in [7, 11) is 5.87. The van der Waals surface area contributed by atoms with E-state index in [1.165, 1.54) is 0 Å². The van der Waals surface area contributed by atoms with Gasteiger partial charge in [0.1, 0.15) is 5.82 Å². The van der Waals surface area contributed by atoms with Gasteiger partial charge in [0.15, 0.2) is 0 Å². The Kier molecular flexibility index (Phi) is 6.66. The largest absolute Gasteiger partial charge is 0.372 e. The molecule has 0 saturated heterocycles. The lowest BCUT2D eigenvalue weighted by Crippen LogP contribution is -2.14. The van der Waals surface area contributed by atoms with E-state index < -0.39 is 0 Å². The SMILES string of the molecule is CC.CNc1nccnc1CN(C)C. The topological polar surface area (TPSA) is 41.1 Å². The molecular formula is C10H20N4. The van der Waals surface area contributed by atoms with Crippen LogP contribution in [0.3, 0.4) is 0 Å². The van der Waals surface area contributed by atoms with Crippen LogP contribution in [0, 0.1) is 0 Å². The Hall–Kier alpha value is -1.16. The first-order valence-corrected chi connectivity index (χ1v) is 4.86. The molecule has 0 amide bonds. The van der Waals surface area contributed by atoms with Gasteiger partial charge in [0.25, 0.3) is 0 Å². The van der Waals surface area contributed by atoms with Gasteiger partial charge in [-0.25, -0.2) is 4.98 Å². The molecule has 1 N–H and O–H groups in total. The Morgan fingerprint density at radius 1 is 1.21 bits per heavy atom. The second-order valence-electron chi connectivity index (χ2n) is 2.84. The van der Waals surface area contributed by atoms with Crippen LogP contribution in [0.4, 0.5) is 5.82 Å². The maximum absolute atomic E-state index is 4.22. The zero-order valence-electron chi connectivity index (χ0n) is 9.70. The lowest BCUT2D eigenvalue weighted by atomic mass is 10.4. The van der Waals surface area contributed by atoms with Gasteiger partial charge in [-0.05, 0) is 14.1 Å². The van der Waals surface area contributed by atoms with E-state index in [2.05, 4.69) is 20.2 Å². The van der Waals surface area contributed by atoms with Crippen molar-refractivity contribution in [1.82, 2.24) is 14.9 Å². The van der Waals surface area contributed by atoms with Gasteiger partial charge in [0, 0.05) is 26.0 Å². The maximum Gasteiger partial charge on any atom is 0.148 e. The Labute approximate surface area is 86.4 Å². The predicted octanol–water partition coefficient (Wildman–Crippen LogP) is 1.61. The molecule has 0 saturated carbocycles. The molecule has 1 heterocycles. The highest BCUT2D eigenvalue weighted by molar-refractivity contribution is 5.38. The lowest BCUT2D eigenvalue weighted by molar-refractivity contribution is 0.397. The molecule has 0 atom stereocenters. The molecule has 1 aromatic heterocycles. The van der Waals surface area contributed by atoms with E-state index in [-0.39, 0.29) is 0 Å². The molecule has 4 nitrogen and oxygen atoms in total. The molecule has 0 spiro atoms. The van der Waals surface area contributed by atoms with Crippen molar-refractivity contribution in [1.29, 1.82) is 0 Å². The van der Waals surface area contributed by atoms with Crippen molar-refractivity contribution in [3.05, 3.63) is 18.1 Å². The minimum atomic E-state index is 0.810. The molecule has 1 rings (SSSR count).